The zero-order valence-corrected chi connectivity index (χ0v) is 14.2. The number of hydrogen-bond donors (Lipinski definition) is 2. The van der Waals surface area contributed by atoms with Gasteiger partial charge in [0.15, 0.2) is 5.11 Å². The second-order valence-electron chi connectivity index (χ2n) is 5.70. The van der Waals surface area contributed by atoms with Crippen LogP contribution in [0.2, 0.25) is 0 Å². The molecule has 0 unspecified atom stereocenters. The Bertz CT molecular complexity index is 588. The van der Waals surface area contributed by atoms with Crippen LogP contribution in [0.3, 0.4) is 0 Å². The second-order valence-corrected chi connectivity index (χ2v) is 6.11. The Hall–Kier alpha value is -1.87. The number of benzene rings is 2. The van der Waals surface area contributed by atoms with Gasteiger partial charge in [0.1, 0.15) is 0 Å². The summed E-state index contributed by atoms with van der Waals surface area (Å²) in [6.45, 7) is 5.10. The molecule has 0 radical (unpaired) electrons. The lowest BCUT2D eigenvalue weighted by molar-refractivity contribution is 0.711. The van der Waals surface area contributed by atoms with Crippen molar-refractivity contribution in [3.63, 3.8) is 0 Å². The molecule has 2 rings (SSSR count). The predicted molar refractivity (Wildman–Crippen MR) is 99.5 cm³/mol. The van der Waals surface area contributed by atoms with Crippen LogP contribution < -0.4 is 10.6 Å². The standard InChI is InChI=1S/C19H24N2S/c1-15-12-16(2)14-18(13-15)21-19(22)20-11-7-6-10-17-8-4-3-5-9-17/h3-5,8-9,12-14H,6-7,10-11H2,1-2H3,(H2,20,21,22). The molecule has 2 aromatic carbocycles. The molecule has 0 bridgehead atoms. The number of rotatable bonds is 6. The van der Waals surface area contributed by atoms with E-state index in [0.717, 1.165) is 25.1 Å². The van der Waals surface area contributed by atoms with Crippen LogP contribution in [0.25, 0.3) is 0 Å². The van der Waals surface area contributed by atoms with E-state index in [-0.39, 0.29) is 0 Å². The van der Waals surface area contributed by atoms with Crippen LogP contribution >= 0.6 is 12.2 Å². The number of hydrogen-bond acceptors (Lipinski definition) is 1. The van der Waals surface area contributed by atoms with Gasteiger partial charge >= 0.3 is 0 Å². The van der Waals surface area contributed by atoms with E-state index in [0.29, 0.717) is 5.11 Å². The van der Waals surface area contributed by atoms with Gasteiger partial charge in [-0.3, -0.25) is 0 Å². The lowest BCUT2D eigenvalue weighted by atomic mass is 10.1. The molecule has 0 aromatic heterocycles. The molecule has 0 amide bonds. The molecule has 0 heterocycles. The fourth-order valence-electron chi connectivity index (χ4n) is 2.52. The first-order valence-corrected chi connectivity index (χ1v) is 8.21. The van der Waals surface area contributed by atoms with Crippen molar-refractivity contribution >= 4 is 23.0 Å². The molecule has 2 N–H and O–H groups in total. The minimum atomic E-state index is 0.699. The second kappa shape index (κ2) is 8.54. The summed E-state index contributed by atoms with van der Waals surface area (Å²) >= 11 is 5.34. The molecule has 2 aromatic rings. The predicted octanol–water partition coefficient (Wildman–Crippen LogP) is 4.61. The van der Waals surface area contributed by atoms with Crippen molar-refractivity contribution in [1.29, 1.82) is 0 Å². The fourth-order valence-corrected chi connectivity index (χ4v) is 2.74. The van der Waals surface area contributed by atoms with Crippen molar-refractivity contribution in [3.8, 4) is 0 Å². The number of aryl methyl sites for hydroxylation is 3. The van der Waals surface area contributed by atoms with E-state index in [1.54, 1.807) is 0 Å². The smallest absolute Gasteiger partial charge is 0.170 e. The van der Waals surface area contributed by atoms with Crippen molar-refractivity contribution in [1.82, 2.24) is 5.32 Å². The van der Waals surface area contributed by atoms with Gasteiger partial charge in [-0.2, -0.15) is 0 Å². The average molecular weight is 312 g/mol. The van der Waals surface area contributed by atoms with Gasteiger partial charge in [0.25, 0.3) is 0 Å². The number of unbranched alkanes of at least 4 members (excludes halogenated alkanes) is 1. The summed E-state index contributed by atoms with van der Waals surface area (Å²) in [5, 5.41) is 7.23. The third-order valence-electron chi connectivity index (χ3n) is 3.50. The molecule has 0 fully saturated rings. The number of thiocarbonyl (C=S) groups is 1. The molecular weight excluding hydrogens is 288 g/mol. The molecule has 0 aliphatic heterocycles. The van der Waals surface area contributed by atoms with Crippen molar-refractivity contribution < 1.29 is 0 Å². The van der Waals surface area contributed by atoms with Crippen LogP contribution in [0.5, 0.6) is 0 Å². The Balaban J connectivity index is 1.65. The van der Waals surface area contributed by atoms with E-state index in [1.165, 1.54) is 23.1 Å². The summed E-state index contributed by atoms with van der Waals surface area (Å²) < 4.78 is 0. The van der Waals surface area contributed by atoms with Crippen LogP contribution in [0.1, 0.15) is 29.5 Å². The van der Waals surface area contributed by atoms with Crippen molar-refractivity contribution in [2.24, 2.45) is 0 Å². The van der Waals surface area contributed by atoms with E-state index >= 15 is 0 Å². The van der Waals surface area contributed by atoms with Gasteiger partial charge in [-0.1, -0.05) is 36.4 Å². The topological polar surface area (TPSA) is 24.1 Å². The van der Waals surface area contributed by atoms with Crippen LogP contribution in [-0.4, -0.2) is 11.7 Å². The van der Waals surface area contributed by atoms with Crippen molar-refractivity contribution in [3.05, 3.63) is 65.2 Å². The van der Waals surface area contributed by atoms with Crippen molar-refractivity contribution in [2.45, 2.75) is 33.1 Å². The maximum Gasteiger partial charge on any atom is 0.170 e. The maximum atomic E-state index is 5.34. The van der Waals surface area contributed by atoms with Gasteiger partial charge in [0.2, 0.25) is 0 Å². The largest absolute Gasteiger partial charge is 0.362 e. The van der Waals surface area contributed by atoms with Crippen molar-refractivity contribution in [2.75, 3.05) is 11.9 Å². The summed E-state index contributed by atoms with van der Waals surface area (Å²) in [7, 11) is 0. The highest BCUT2D eigenvalue weighted by atomic mass is 32.1. The fraction of sp³-hybridized carbons (Fsp3) is 0.316. The van der Waals surface area contributed by atoms with Crippen LogP contribution in [0.15, 0.2) is 48.5 Å². The van der Waals surface area contributed by atoms with Gasteiger partial charge in [0, 0.05) is 12.2 Å². The minimum Gasteiger partial charge on any atom is -0.362 e. The Morgan fingerprint density at radius 1 is 0.955 bits per heavy atom. The van der Waals surface area contributed by atoms with Gasteiger partial charge in [-0.15, -0.1) is 0 Å². The first-order valence-electron chi connectivity index (χ1n) is 7.80. The highest BCUT2D eigenvalue weighted by Gasteiger charge is 1.99. The van der Waals surface area contributed by atoms with Crippen LogP contribution in [0.4, 0.5) is 5.69 Å². The Morgan fingerprint density at radius 3 is 2.32 bits per heavy atom. The lowest BCUT2D eigenvalue weighted by Gasteiger charge is -2.11. The van der Waals surface area contributed by atoms with E-state index < -0.39 is 0 Å². The molecule has 0 aliphatic carbocycles. The Morgan fingerprint density at radius 2 is 1.64 bits per heavy atom. The highest BCUT2D eigenvalue weighted by Crippen LogP contribution is 2.13. The third-order valence-corrected chi connectivity index (χ3v) is 3.75. The van der Waals surface area contributed by atoms with E-state index in [9.17, 15) is 0 Å². The normalized spacial score (nSPS) is 10.3. The maximum absolute atomic E-state index is 5.34. The molecule has 2 nitrogen and oxygen atoms in total. The van der Waals surface area contributed by atoms with E-state index in [1.807, 2.05) is 0 Å². The zero-order valence-electron chi connectivity index (χ0n) is 13.4. The Labute approximate surface area is 139 Å². The van der Waals surface area contributed by atoms with Crippen LogP contribution in [-0.2, 0) is 6.42 Å². The summed E-state index contributed by atoms with van der Waals surface area (Å²) in [6.07, 6.45) is 3.41. The molecule has 0 spiro atoms. The average Bonchev–Trinajstić information content (AvgIpc) is 2.47. The van der Waals surface area contributed by atoms with Gasteiger partial charge in [-0.05, 0) is 74.2 Å². The molecular formula is C19H24N2S. The summed E-state index contributed by atoms with van der Waals surface area (Å²) in [4.78, 5) is 0. The van der Waals surface area contributed by atoms with Gasteiger partial charge in [-0.25, -0.2) is 0 Å². The molecule has 0 saturated heterocycles. The summed E-state index contributed by atoms with van der Waals surface area (Å²) in [5.41, 5.74) is 4.94. The SMILES string of the molecule is Cc1cc(C)cc(NC(=S)NCCCCc2ccccc2)c1. The van der Waals surface area contributed by atoms with E-state index in [2.05, 4.69) is 73.0 Å². The third kappa shape index (κ3) is 5.86. The highest BCUT2D eigenvalue weighted by molar-refractivity contribution is 7.80. The molecule has 0 atom stereocenters. The molecule has 0 saturated carbocycles. The summed E-state index contributed by atoms with van der Waals surface area (Å²) in [5.74, 6) is 0. The van der Waals surface area contributed by atoms with E-state index in [4.69, 9.17) is 12.2 Å². The molecule has 22 heavy (non-hydrogen) atoms. The number of nitrogens with one attached hydrogen (secondary N) is 2. The molecule has 116 valence electrons. The zero-order chi connectivity index (χ0) is 15.8. The first-order chi connectivity index (χ1) is 10.6. The quantitative estimate of drug-likeness (QED) is 0.601. The Kier molecular flexibility index (Phi) is 6.41. The minimum absolute atomic E-state index is 0.699. The summed E-state index contributed by atoms with van der Waals surface area (Å²) in [6, 6.07) is 17.0. The van der Waals surface area contributed by atoms with Crippen LogP contribution in [0, 0.1) is 13.8 Å². The molecule has 3 heteroatoms. The van der Waals surface area contributed by atoms with Gasteiger partial charge in [0.05, 0.1) is 0 Å². The van der Waals surface area contributed by atoms with Gasteiger partial charge < -0.3 is 10.6 Å². The lowest BCUT2D eigenvalue weighted by Crippen LogP contribution is -2.29. The first kappa shape index (κ1) is 16.5. The monoisotopic (exact) mass is 312 g/mol. The molecule has 0 aliphatic rings. The number of anilines is 1.